The van der Waals surface area contributed by atoms with Crippen molar-refractivity contribution in [1.29, 1.82) is 0 Å². The predicted molar refractivity (Wildman–Crippen MR) is 230 cm³/mol. The van der Waals surface area contributed by atoms with Crippen molar-refractivity contribution in [3.05, 3.63) is 0 Å². The summed E-state index contributed by atoms with van der Waals surface area (Å²) in [6.45, 7) is 9.12. The van der Waals surface area contributed by atoms with Crippen LogP contribution in [0.2, 0.25) is 0 Å². The molecule has 0 aliphatic rings. The van der Waals surface area contributed by atoms with Crippen LogP contribution in [0.1, 0.15) is 271 Å². The maximum Gasteiger partial charge on any atom is 0.327 e. The first-order valence-electron chi connectivity index (χ1n) is 23.7. The minimum atomic E-state index is -2.17. The first-order chi connectivity index (χ1) is 25.2. The van der Waals surface area contributed by atoms with Crippen LogP contribution in [0.4, 0.5) is 0 Å². The van der Waals surface area contributed by atoms with E-state index < -0.39 is 8.60 Å². The Bertz CT molecular complexity index is 575. The minimum absolute atomic E-state index is 0.482. The molecule has 0 unspecified atom stereocenters. The third-order valence-electron chi connectivity index (χ3n) is 11.2. The molecule has 308 valence electrons. The van der Waals surface area contributed by atoms with Gasteiger partial charge in [0.25, 0.3) is 0 Å². The van der Waals surface area contributed by atoms with Crippen molar-refractivity contribution in [2.24, 2.45) is 0 Å². The van der Waals surface area contributed by atoms with E-state index in [2.05, 4.69) is 18.7 Å². The van der Waals surface area contributed by atoms with Crippen LogP contribution in [0.3, 0.4) is 0 Å². The van der Waals surface area contributed by atoms with Gasteiger partial charge in [-0.3, -0.25) is 0 Å². The lowest BCUT2D eigenvalue weighted by Gasteiger charge is -2.22. The summed E-state index contributed by atoms with van der Waals surface area (Å²) in [5.74, 6) is 0. The highest BCUT2D eigenvalue weighted by molar-refractivity contribution is 7.39. The fourth-order valence-electron chi connectivity index (χ4n) is 7.75. The van der Waals surface area contributed by atoms with Crippen molar-refractivity contribution in [2.75, 3.05) is 26.2 Å². The summed E-state index contributed by atoms with van der Waals surface area (Å²) in [5, 5.41) is 0. The maximum atomic E-state index is 8.77. The highest BCUT2D eigenvalue weighted by atomic mass is 31.2. The van der Waals surface area contributed by atoms with Crippen LogP contribution in [0, 0.1) is 0 Å². The summed E-state index contributed by atoms with van der Waals surface area (Å²) < 4.78 is 4.84. The van der Waals surface area contributed by atoms with E-state index in [0.717, 1.165) is 12.8 Å². The topological polar surface area (TPSA) is 52.9 Å². The zero-order valence-corrected chi connectivity index (χ0v) is 36.2. The molecule has 0 atom stereocenters. The lowest BCUT2D eigenvalue weighted by Crippen LogP contribution is -2.27. The van der Waals surface area contributed by atoms with Crippen LogP contribution in [0.25, 0.3) is 0 Å². The Morgan fingerprint density at radius 2 is 0.490 bits per heavy atom. The molecule has 0 saturated carbocycles. The quantitative estimate of drug-likeness (QED) is 0.0482. The first-order valence-corrected chi connectivity index (χ1v) is 24.9. The van der Waals surface area contributed by atoms with Gasteiger partial charge in [0.1, 0.15) is 0 Å². The van der Waals surface area contributed by atoms with Gasteiger partial charge in [0.2, 0.25) is 0 Å². The van der Waals surface area contributed by atoms with Crippen molar-refractivity contribution in [3.63, 3.8) is 0 Å². The Balaban J connectivity index is 3.94. The van der Waals surface area contributed by atoms with Gasteiger partial charge in [0.05, 0.1) is 6.61 Å². The second kappa shape index (κ2) is 46.4. The summed E-state index contributed by atoms with van der Waals surface area (Å²) >= 11 is 0. The van der Waals surface area contributed by atoms with Crippen molar-refractivity contribution in [2.45, 2.75) is 271 Å². The molecule has 0 saturated heterocycles. The van der Waals surface area contributed by atoms with Crippen molar-refractivity contribution >= 4 is 8.60 Å². The summed E-state index contributed by atoms with van der Waals surface area (Å²) in [6.07, 6.45) is 56.4. The van der Waals surface area contributed by atoms with Gasteiger partial charge < -0.3 is 19.2 Å². The smallest absolute Gasteiger partial charge is 0.327 e. The second-order valence-electron chi connectivity index (χ2n) is 16.4. The first kappa shape index (κ1) is 51.3. The largest absolute Gasteiger partial charge is 0.328 e. The molecule has 5 heteroatoms. The summed E-state index contributed by atoms with van der Waals surface area (Å²) in [4.78, 5) is 20.4. The van der Waals surface area contributed by atoms with Crippen molar-refractivity contribution in [3.8, 4) is 0 Å². The summed E-state index contributed by atoms with van der Waals surface area (Å²) in [5.41, 5.74) is 0. The molecule has 0 heterocycles. The van der Waals surface area contributed by atoms with Gasteiger partial charge >= 0.3 is 8.60 Å². The van der Waals surface area contributed by atoms with E-state index in [0.29, 0.717) is 6.61 Å². The molecule has 0 aromatic rings. The number of rotatable bonds is 46. The molecule has 4 nitrogen and oxygen atoms in total. The molecule has 0 aromatic carbocycles. The fraction of sp³-hybridized carbons (Fsp3) is 1.00. The van der Waals surface area contributed by atoms with Crippen LogP contribution < -0.4 is 0 Å². The molecular weight excluding hydrogens is 645 g/mol. The lowest BCUT2D eigenvalue weighted by atomic mass is 10.0. The lowest BCUT2D eigenvalue weighted by molar-refractivity contribution is 0.248. The molecule has 0 aliphatic carbocycles. The van der Waals surface area contributed by atoms with Gasteiger partial charge in [0.15, 0.2) is 0 Å². The Morgan fingerprint density at radius 3 is 0.706 bits per heavy atom. The van der Waals surface area contributed by atoms with Crippen LogP contribution in [0.15, 0.2) is 0 Å². The zero-order valence-electron chi connectivity index (χ0n) is 35.3. The van der Waals surface area contributed by atoms with Gasteiger partial charge in [-0.25, -0.2) is 0 Å². The van der Waals surface area contributed by atoms with E-state index in [-0.39, 0.29) is 0 Å². The number of hydrogen-bond acceptors (Lipinski definition) is 4. The van der Waals surface area contributed by atoms with Crippen molar-refractivity contribution < 1.29 is 14.3 Å². The van der Waals surface area contributed by atoms with Gasteiger partial charge in [-0.05, 0) is 45.3 Å². The van der Waals surface area contributed by atoms with Gasteiger partial charge in [0, 0.05) is 0 Å². The SMILES string of the molecule is CCCCCCCCCCCCCCCCN(CCCCCCCCCCCCCCCC)CCCCCCCCCCCCCCOP(O)O. The average molecular weight is 742 g/mol. The number of hydrogen-bond donors (Lipinski definition) is 2. The fourth-order valence-corrected chi connectivity index (χ4v) is 8.04. The standard InChI is InChI=1S/C46H96NO3P/c1-3-5-7-9-11-13-15-17-19-23-27-31-35-39-43-47(44-40-36-32-28-24-20-18-16-14-12-10-8-6-4-2)45-41-37-33-29-25-21-22-26-30-34-38-42-46-50-51(48)49/h48-49H,3-46H2,1-2H3. The Labute approximate surface area is 323 Å². The molecule has 0 radical (unpaired) electrons. The minimum Gasteiger partial charge on any atom is -0.328 e. The molecule has 0 fully saturated rings. The van der Waals surface area contributed by atoms with E-state index in [9.17, 15) is 0 Å². The zero-order chi connectivity index (χ0) is 37.0. The number of nitrogens with zero attached hydrogens (tertiary/aromatic N) is 1. The van der Waals surface area contributed by atoms with Gasteiger partial charge in [-0.2, -0.15) is 0 Å². The molecular formula is C46H96NO3P. The van der Waals surface area contributed by atoms with Crippen LogP contribution in [-0.2, 0) is 4.52 Å². The van der Waals surface area contributed by atoms with E-state index in [1.165, 1.54) is 264 Å². The summed E-state index contributed by atoms with van der Waals surface area (Å²) in [6, 6.07) is 0. The van der Waals surface area contributed by atoms with E-state index >= 15 is 0 Å². The predicted octanol–water partition coefficient (Wildman–Crippen LogP) is 16.2. The average Bonchev–Trinajstić information content (AvgIpc) is 3.12. The molecule has 0 bridgehead atoms. The van der Waals surface area contributed by atoms with E-state index in [1.807, 2.05) is 0 Å². The summed E-state index contributed by atoms with van der Waals surface area (Å²) in [7, 11) is -2.17. The molecule has 2 N–H and O–H groups in total. The van der Waals surface area contributed by atoms with Gasteiger partial charge in [-0.15, -0.1) is 0 Å². The van der Waals surface area contributed by atoms with Crippen LogP contribution in [0.5, 0.6) is 0 Å². The Hall–Kier alpha value is 0.270. The Kier molecular flexibility index (Phi) is 46.7. The third-order valence-corrected chi connectivity index (χ3v) is 11.6. The second-order valence-corrected chi connectivity index (χ2v) is 17.1. The molecule has 0 rings (SSSR count). The molecule has 0 aromatic heterocycles. The normalized spacial score (nSPS) is 11.9. The van der Waals surface area contributed by atoms with Crippen LogP contribution in [-0.4, -0.2) is 40.9 Å². The molecule has 0 aliphatic heterocycles. The van der Waals surface area contributed by atoms with E-state index in [1.54, 1.807) is 0 Å². The molecule has 51 heavy (non-hydrogen) atoms. The van der Waals surface area contributed by atoms with Crippen LogP contribution >= 0.6 is 8.60 Å². The Morgan fingerprint density at radius 1 is 0.294 bits per heavy atom. The molecule has 0 spiro atoms. The highest BCUT2D eigenvalue weighted by Crippen LogP contribution is 2.24. The highest BCUT2D eigenvalue weighted by Gasteiger charge is 2.06. The number of unbranched alkanes of at least 4 members (excludes halogenated alkanes) is 37. The van der Waals surface area contributed by atoms with Gasteiger partial charge in [-0.1, -0.05) is 245 Å². The van der Waals surface area contributed by atoms with Crippen molar-refractivity contribution in [1.82, 2.24) is 4.90 Å². The third kappa shape index (κ3) is 46.3. The maximum absolute atomic E-state index is 8.77. The monoisotopic (exact) mass is 742 g/mol. The van der Waals surface area contributed by atoms with E-state index in [4.69, 9.17) is 14.3 Å². The molecule has 0 amide bonds.